The molecule has 13 heteroatoms. The number of rotatable bonds is 7. The Morgan fingerprint density at radius 2 is 1.53 bits per heavy atom. The maximum absolute atomic E-state index is 14.9. The van der Waals surface area contributed by atoms with E-state index >= 15 is 0 Å². The average Bonchev–Trinajstić information content (AvgIpc) is 2.78. The van der Waals surface area contributed by atoms with Crippen LogP contribution in [0.3, 0.4) is 0 Å². The van der Waals surface area contributed by atoms with Crippen LogP contribution in [0.15, 0.2) is 30.3 Å². The number of morpholine rings is 2. The zero-order valence-electron chi connectivity index (χ0n) is 16.2. The van der Waals surface area contributed by atoms with Gasteiger partial charge in [0.2, 0.25) is 0 Å². The van der Waals surface area contributed by atoms with Gasteiger partial charge in [0.1, 0.15) is 0 Å². The van der Waals surface area contributed by atoms with Gasteiger partial charge < -0.3 is 24.2 Å². The first-order valence-electron chi connectivity index (χ1n) is 9.45. The van der Waals surface area contributed by atoms with Crippen molar-refractivity contribution < 1.29 is 42.1 Å². The molecule has 0 spiro atoms. The van der Waals surface area contributed by atoms with Crippen molar-refractivity contribution in [1.82, 2.24) is 9.57 Å². The number of halogens is 1. The third-order valence-electron chi connectivity index (χ3n) is 4.85. The second-order valence-electron chi connectivity index (χ2n) is 6.86. The predicted molar refractivity (Wildman–Crippen MR) is 105 cm³/mol. The second kappa shape index (κ2) is 9.97. The molecule has 0 radical (unpaired) electrons. The van der Waals surface area contributed by atoms with Crippen LogP contribution in [0.5, 0.6) is 0 Å². The maximum Gasteiger partial charge on any atom is 0.374 e. The van der Waals surface area contributed by atoms with E-state index in [4.69, 9.17) is 14.0 Å². The van der Waals surface area contributed by atoms with E-state index in [2.05, 4.69) is 0 Å². The molecule has 30 heavy (non-hydrogen) atoms. The van der Waals surface area contributed by atoms with Gasteiger partial charge in [-0.25, -0.2) is 9.06 Å². The molecule has 2 saturated heterocycles. The topological polar surface area (TPSA) is 126 Å². The van der Waals surface area contributed by atoms with Gasteiger partial charge in [0.25, 0.3) is 11.6 Å². The molecule has 3 rings (SSSR count). The number of hydrogen-bond donors (Lipinski definition) is 2. The highest BCUT2D eigenvalue weighted by molar-refractivity contribution is 7.72. The molecule has 1 aromatic rings. The van der Waals surface area contributed by atoms with Gasteiger partial charge in [0, 0.05) is 26.2 Å². The van der Waals surface area contributed by atoms with Crippen LogP contribution in [-0.2, 0) is 27.9 Å². The predicted octanol–water partition coefficient (Wildman–Crippen LogP) is 1.56. The molecular weight excluding hydrogens is 441 g/mol. The van der Waals surface area contributed by atoms with Gasteiger partial charge in [-0.1, -0.05) is 30.3 Å². The summed E-state index contributed by atoms with van der Waals surface area (Å²) in [5, 5.41) is 0. The Kier molecular flexibility index (Phi) is 7.81. The third kappa shape index (κ3) is 5.36. The van der Waals surface area contributed by atoms with Gasteiger partial charge in [-0.3, -0.25) is 18.4 Å². The molecule has 1 amide bonds. The second-order valence-corrected chi connectivity index (χ2v) is 11.3. The Morgan fingerprint density at radius 3 is 2.10 bits per heavy atom. The normalized spacial score (nSPS) is 24.4. The van der Waals surface area contributed by atoms with E-state index in [0.29, 0.717) is 13.2 Å². The summed E-state index contributed by atoms with van der Waals surface area (Å²) in [7, 11) is -10.2. The third-order valence-corrected chi connectivity index (χ3v) is 9.44. The van der Waals surface area contributed by atoms with Crippen molar-refractivity contribution in [2.45, 2.75) is 11.8 Å². The molecule has 1 aromatic carbocycles. The van der Waals surface area contributed by atoms with Crippen molar-refractivity contribution in [2.75, 3.05) is 52.6 Å². The largest absolute Gasteiger partial charge is 0.379 e. The van der Waals surface area contributed by atoms with E-state index < -0.39 is 32.8 Å². The summed E-state index contributed by atoms with van der Waals surface area (Å²) in [4.78, 5) is 34.9. The average molecular weight is 466 g/mol. The summed E-state index contributed by atoms with van der Waals surface area (Å²) in [5.74, 6) is -0.648. The molecule has 0 aromatic heterocycles. The van der Waals surface area contributed by atoms with Crippen molar-refractivity contribution in [3.05, 3.63) is 35.9 Å². The van der Waals surface area contributed by atoms with E-state index in [0.717, 1.165) is 4.67 Å². The summed E-state index contributed by atoms with van der Waals surface area (Å²) in [6.45, 7) is 1.12. The highest BCUT2D eigenvalue weighted by Gasteiger charge is 2.52. The minimum Gasteiger partial charge on any atom is -0.379 e. The summed E-state index contributed by atoms with van der Waals surface area (Å²) in [6.07, 6.45) is -1.61. The van der Waals surface area contributed by atoms with Crippen LogP contribution in [0.25, 0.3) is 0 Å². The first-order chi connectivity index (χ1) is 14.2. The van der Waals surface area contributed by atoms with E-state index in [9.17, 15) is 28.1 Å². The van der Waals surface area contributed by atoms with Crippen LogP contribution in [0, 0.1) is 0 Å². The molecule has 2 fully saturated rings. The molecule has 2 aliphatic heterocycles. The Labute approximate surface area is 173 Å². The van der Waals surface area contributed by atoms with Gasteiger partial charge in [-0.15, -0.1) is 0 Å². The molecular formula is C17H25FN2O8P2. The van der Waals surface area contributed by atoms with Crippen molar-refractivity contribution in [2.24, 2.45) is 0 Å². The Bertz CT molecular complexity index is 817. The van der Waals surface area contributed by atoms with Crippen LogP contribution in [-0.4, -0.2) is 83.5 Å². The van der Waals surface area contributed by atoms with E-state index in [1.807, 2.05) is 0 Å². The first kappa shape index (κ1) is 23.5. The monoisotopic (exact) mass is 466 g/mol. The lowest BCUT2D eigenvalue weighted by Crippen LogP contribution is -2.43. The molecule has 168 valence electrons. The zero-order valence-corrected chi connectivity index (χ0v) is 18.0. The van der Waals surface area contributed by atoms with E-state index in [-0.39, 0.29) is 45.0 Å². The minimum absolute atomic E-state index is 0.0664. The molecule has 4 atom stereocenters. The molecule has 2 N–H and O–H groups in total. The summed E-state index contributed by atoms with van der Waals surface area (Å²) < 4.78 is 56.6. The number of benzene rings is 1. The van der Waals surface area contributed by atoms with Gasteiger partial charge in [-0.05, 0) is 5.56 Å². The highest BCUT2D eigenvalue weighted by atomic mass is 31.2. The van der Waals surface area contributed by atoms with Gasteiger partial charge in [0.05, 0.1) is 26.4 Å². The number of alkyl halides is 1. The lowest BCUT2D eigenvalue weighted by atomic mass is 10.1. The quantitative estimate of drug-likeness (QED) is 0.576. The van der Waals surface area contributed by atoms with Crippen molar-refractivity contribution >= 4 is 21.0 Å². The molecule has 2 unspecified atom stereocenters. The molecule has 0 bridgehead atoms. The number of nitrogens with zero attached hydrogens (tertiary/aromatic N) is 2. The number of ether oxygens (including phenoxy) is 2. The van der Waals surface area contributed by atoms with Crippen LogP contribution >= 0.6 is 15.1 Å². The fourth-order valence-corrected chi connectivity index (χ4v) is 6.93. The van der Waals surface area contributed by atoms with Crippen molar-refractivity contribution in [3.63, 3.8) is 0 Å². The molecule has 2 heterocycles. The van der Waals surface area contributed by atoms with Crippen LogP contribution < -0.4 is 0 Å². The standard InChI is InChI=1S/C17H25FN2O8P2/c18-17(29(22,23)20-8-12-27-13-9-20)30(24,25)28-15(14-4-2-1-3-5-14)16(21)19-6-10-26-11-7-19/h1-5,15,17H,6-13H2,(H,22,23)(H,24,25)/t15-,17-/m0/s1. The van der Waals surface area contributed by atoms with E-state index in [1.165, 1.54) is 17.0 Å². The summed E-state index contributed by atoms with van der Waals surface area (Å²) in [5.41, 5.74) is -2.86. The van der Waals surface area contributed by atoms with Crippen molar-refractivity contribution in [1.29, 1.82) is 0 Å². The number of carbonyl (C=O) groups excluding carboxylic acids is 1. The lowest BCUT2D eigenvalue weighted by Gasteiger charge is -2.34. The molecule has 10 nitrogen and oxygen atoms in total. The summed E-state index contributed by atoms with van der Waals surface area (Å²) in [6, 6.07) is 7.86. The number of carbonyl (C=O) groups is 1. The SMILES string of the molecule is O=C([C@@H](OP(=O)(O)[C@@H](F)P(=O)(O)N1CCOCC1)c1ccccc1)N1CCOCC1. The number of hydrogen-bond acceptors (Lipinski definition) is 6. The molecule has 2 aliphatic rings. The van der Waals surface area contributed by atoms with Gasteiger partial charge >= 0.3 is 15.1 Å². The fraction of sp³-hybridized carbons (Fsp3) is 0.588. The fourth-order valence-electron chi connectivity index (χ4n) is 3.19. The van der Waals surface area contributed by atoms with Gasteiger partial charge in [0.15, 0.2) is 6.10 Å². The number of amides is 1. The van der Waals surface area contributed by atoms with Gasteiger partial charge in [-0.2, -0.15) is 0 Å². The Balaban J connectivity index is 1.83. The Morgan fingerprint density at radius 1 is 1.00 bits per heavy atom. The zero-order chi connectivity index (χ0) is 21.8. The van der Waals surface area contributed by atoms with Crippen molar-refractivity contribution in [3.8, 4) is 0 Å². The summed E-state index contributed by atoms with van der Waals surface area (Å²) >= 11 is 0. The first-order valence-corrected chi connectivity index (χ1v) is 12.8. The minimum atomic E-state index is -5.34. The van der Waals surface area contributed by atoms with Crippen LogP contribution in [0.1, 0.15) is 11.7 Å². The smallest absolute Gasteiger partial charge is 0.374 e. The maximum atomic E-state index is 14.9. The lowest BCUT2D eigenvalue weighted by molar-refractivity contribution is -0.143. The van der Waals surface area contributed by atoms with E-state index in [1.54, 1.807) is 18.2 Å². The molecule has 0 saturated carbocycles. The highest BCUT2D eigenvalue weighted by Crippen LogP contribution is 2.68. The van der Waals surface area contributed by atoms with Crippen LogP contribution in [0.2, 0.25) is 0 Å². The van der Waals surface area contributed by atoms with Crippen LogP contribution in [0.4, 0.5) is 4.39 Å². The Hall–Kier alpha value is -1.16. The molecule has 0 aliphatic carbocycles.